The Bertz CT molecular complexity index is 851. The van der Waals surface area contributed by atoms with Gasteiger partial charge in [-0.2, -0.15) is 0 Å². The fourth-order valence-electron chi connectivity index (χ4n) is 3.91. The lowest BCUT2D eigenvalue weighted by Crippen LogP contribution is -2.14. The maximum Gasteiger partial charge on any atom is 0.0345 e. The molecule has 0 heteroatoms. The smallest absolute Gasteiger partial charge is 0.0345 e. The Morgan fingerprint density at radius 1 is 0.593 bits per heavy atom. The molecule has 0 nitrogen and oxygen atoms in total. The molecule has 0 atom stereocenters. The molecule has 0 aliphatic rings. The van der Waals surface area contributed by atoms with Crippen LogP contribution in [0.4, 0.5) is 0 Å². The van der Waals surface area contributed by atoms with Crippen LogP contribution in [0.1, 0.15) is 71.2 Å². The molecule has 0 radical (unpaired) electrons. The van der Waals surface area contributed by atoms with Crippen LogP contribution in [0.3, 0.4) is 0 Å². The van der Waals surface area contributed by atoms with E-state index >= 15 is 0 Å². The highest BCUT2D eigenvalue weighted by Gasteiger charge is 2.23. The summed E-state index contributed by atoms with van der Waals surface area (Å²) in [5.74, 6) is 0.264. The molecule has 0 N–H and O–H groups in total. The van der Waals surface area contributed by atoms with Crippen LogP contribution in [-0.2, 0) is 5.41 Å². The van der Waals surface area contributed by atoms with Gasteiger partial charge in [-0.25, -0.2) is 0 Å². The van der Waals surface area contributed by atoms with E-state index in [4.69, 9.17) is 0 Å². The Morgan fingerprint density at radius 3 is 1.30 bits per heavy atom. The Morgan fingerprint density at radius 2 is 0.963 bits per heavy atom. The van der Waals surface area contributed by atoms with E-state index in [1.165, 1.54) is 44.5 Å². The summed E-state index contributed by atoms with van der Waals surface area (Å²) in [5.41, 5.74) is 11.1. The highest BCUT2D eigenvalue weighted by molar-refractivity contribution is 5.52. The fourth-order valence-corrected chi connectivity index (χ4v) is 3.91. The van der Waals surface area contributed by atoms with Crippen molar-refractivity contribution in [2.24, 2.45) is 0 Å². The topological polar surface area (TPSA) is 0 Å². The molecule has 0 saturated carbocycles. The predicted octanol–water partition coefficient (Wildman–Crippen LogP) is 7.40. The summed E-state index contributed by atoms with van der Waals surface area (Å²) < 4.78 is 0. The van der Waals surface area contributed by atoms with Crippen LogP contribution in [0, 0.1) is 27.7 Å². The molecule has 0 saturated heterocycles. The van der Waals surface area contributed by atoms with E-state index in [0.29, 0.717) is 0 Å². The Kier molecular flexibility index (Phi) is 5.29. The van der Waals surface area contributed by atoms with Crippen molar-refractivity contribution < 1.29 is 0 Å². The summed E-state index contributed by atoms with van der Waals surface area (Å²) in [4.78, 5) is 0. The highest BCUT2D eigenvalue weighted by Crippen LogP contribution is 2.38. The van der Waals surface area contributed by atoms with Gasteiger partial charge in [0.05, 0.1) is 0 Å². The van der Waals surface area contributed by atoms with Gasteiger partial charge in [0.15, 0.2) is 0 Å². The molecule has 27 heavy (non-hydrogen) atoms. The molecule has 0 aromatic heterocycles. The van der Waals surface area contributed by atoms with Crippen molar-refractivity contribution >= 4 is 0 Å². The number of aryl methyl sites for hydroxylation is 4. The van der Waals surface area contributed by atoms with E-state index in [0.717, 1.165) is 0 Å². The van der Waals surface area contributed by atoms with Gasteiger partial charge < -0.3 is 0 Å². The van der Waals surface area contributed by atoms with Crippen LogP contribution >= 0.6 is 0 Å². The summed E-state index contributed by atoms with van der Waals surface area (Å²) in [6.07, 6.45) is 0. The quantitative estimate of drug-likeness (QED) is 0.429. The Hall–Kier alpha value is -2.34. The molecule has 3 aromatic carbocycles. The first-order valence-corrected chi connectivity index (χ1v) is 9.91. The molecular formula is C27H32. The second-order valence-electron chi connectivity index (χ2n) is 9.03. The Balaban J connectivity index is 2.22. The average Bonchev–Trinajstić information content (AvgIpc) is 2.59. The molecule has 0 unspecified atom stereocenters. The minimum Gasteiger partial charge on any atom is -0.0590 e. The SMILES string of the molecule is Cc1ccc(C(c2ccc(C)cc2)c2c(C)cc(C(C)(C)C)cc2C)cc1. The monoisotopic (exact) mass is 356 g/mol. The summed E-state index contributed by atoms with van der Waals surface area (Å²) in [6, 6.07) is 22.8. The molecule has 0 aliphatic carbocycles. The largest absolute Gasteiger partial charge is 0.0590 e. The number of hydrogen-bond donors (Lipinski definition) is 0. The van der Waals surface area contributed by atoms with Gasteiger partial charge in [-0.3, -0.25) is 0 Å². The van der Waals surface area contributed by atoms with Gasteiger partial charge in [0.2, 0.25) is 0 Å². The summed E-state index contributed by atoms with van der Waals surface area (Å²) in [5, 5.41) is 0. The molecular weight excluding hydrogens is 324 g/mol. The van der Waals surface area contributed by atoms with Crippen molar-refractivity contribution in [3.63, 3.8) is 0 Å². The van der Waals surface area contributed by atoms with Crippen molar-refractivity contribution in [2.75, 3.05) is 0 Å². The molecule has 3 aromatic rings. The van der Waals surface area contributed by atoms with E-state index < -0.39 is 0 Å². The minimum atomic E-state index is 0.164. The third kappa shape index (κ3) is 4.16. The van der Waals surface area contributed by atoms with E-state index in [9.17, 15) is 0 Å². The van der Waals surface area contributed by atoms with Gasteiger partial charge in [0.1, 0.15) is 0 Å². The van der Waals surface area contributed by atoms with E-state index in [1.54, 1.807) is 0 Å². The number of benzene rings is 3. The van der Waals surface area contributed by atoms with Gasteiger partial charge in [-0.1, -0.05) is 92.6 Å². The second kappa shape index (κ2) is 7.35. The Labute approximate surface area is 165 Å². The van der Waals surface area contributed by atoms with Crippen molar-refractivity contribution in [1.82, 2.24) is 0 Å². The molecule has 0 heterocycles. The van der Waals surface area contributed by atoms with Gasteiger partial charge in [-0.05, 0) is 66.5 Å². The van der Waals surface area contributed by atoms with E-state index in [1.807, 2.05) is 0 Å². The van der Waals surface area contributed by atoms with Crippen LogP contribution in [0.25, 0.3) is 0 Å². The van der Waals surface area contributed by atoms with Crippen LogP contribution in [0.5, 0.6) is 0 Å². The first-order valence-electron chi connectivity index (χ1n) is 9.91. The summed E-state index contributed by atoms with van der Waals surface area (Å²) >= 11 is 0. The van der Waals surface area contributed by atoms with Crippen LogP contribution in [-0.4, -0.2) is 0 Å². The highest BCUT2D eigenvalue weighted by atomic mass is 14.3. The van der Waals surface area contributed by atoms with Crippen molar-refractivity contribution in [3.8, 4) is 0 Å². The minimum absolute atomic E-state index is 0.164. The lowest BCUT2D eigenvalue weighted by molar-refractivity contribution is 0.588. The third-order valence-corrected chi connectivity index (χ3v) is 5.57. The first-order chi connectivity index (χ1) is 12.7. The van der Waals surface area contributed by atoms with Gasteiger partial charge >= 0.3 is 0 Å². The van der Waals surface area contributed by atoms with Crippen molar-refractivity contribution in [3.05, 3.63) is 105 Å². The summed E-state index contributed by atoms with van der Waals surface area (Å²) in [7, 11) is 0. The normalized spacial score (nSPS) is 11.9. The van der Waals surface area contributed by atoms with Gasteiger partial charge in [0, 0.05) is 5.92 Å². The zero-order valence-electron chi connectivity index (χ0n) is 17.9. The van der Waals surface area contributed by atoms with Crippen LogP contribution in [0.2, 0.25) is 0 Å². The maximum absolute atomic E-state index is 2.39. The molecule has 140 valence electrons. The zero-order valence-corrected chi connectivity index (χ0v) is 17.9. The molecule has 0 bridgehead atoms. The summed E-state index contributed by atoms with van der Waals surface area (Å²) in [6.45, 7) is 15.7. The third-order valence-electron chi connectivity index (χ3n) is 5.57. The molecule has 0 fully saturated rings. The second-order valence-corrected chi connectivity index (χ2v) is 9.03. The first kappa shape index (κ1) is 19.4. The number of hydrogen-bond acceptors (Lipinski definition) is 0. The van der Waals surface area contributed by atoms with Gasteiger partial charge in [0.25, 0.3) is 0 Å². The van der Waals surface area contributed by atoms with E-state index in [-0.39, 0.29) is 11.3 Å². The van der Waals surface area contributed by atoms with Crippen molar-refractivity contribution in [1.29, 1.82) is 0 Å². The molecule has 3 rings (SSSR count). The number of rotatable bonds is 3. The molecule has 0 aliphatic heterocycles. The van der Waals surface area contributed by atoms with Crippen LogP contribution < -0.4 is 0 Å². The molecule has 0 amide bonds. The van der Waals surface area contributed by atoms with Crippen molar-refractivity contribution in [2.45, 2.75) is 59.8 Å². The average molecular weight is 357 g/mol. The fraction of sp³-hybridized carbons (Fsp3) is 0.333. The lowest BCUT2D eigenvalue weighted by Gasteiger charge is -2.27. The lowest BCUT2D eigenvalue weighted by atomic mass is 9.77. The van der Waals surface area contributed by atoms with Crippen LogP contribution in [0.15, 0.2) is 60.7 Å². The predicted molar refractivity (Wildman–Crippen MR) is 118 cm³/mol. The molecule has 0 spiro atoms. The zero-order chi connectivity index (χ0) is 19.8. The standard InChI is InChI=1S/C27H32/c1-18-8-12-22(13-9-18)26(23-14-10-19(2)11-15-23)25-20(3)16-24(17-21(25)4)27(5,6)7/h8-17,26H,1-7H3. The van der Waals surface area contributed by atoms with Gasteiger partial charge in [-0.15, -0.1) is 0 Å². The van der Waals surface area contributed by atoms with E-state index in [2.05, 4.69) is 109 Å². The maximum atomic E-state index is 2.39.